The summed E-state index contributed by atoms with van der Waals surface area (Å²) in [5, 5.41) is 3.36. The van der Waals surface area contributed by atoms with Gasteiger partial charge in [0.2, 0.25) is 5.95 Å². The van der Waals surface area contributed by atoms with Crippen LogP contribution in [-0.2, 0) is 0 Å². The second-order valence-electron chi connectivity index (χ2n) is 4.88. The van der Waals surface area contributed by atoms with Gasteiger partial charge in [-0.2, -0.15) is 0 Å². The van der Waals surface area contributed by atoms with Gasteiger partial charge in [-0.3, -0.25) is 0 Å². The third-order valence-corrected chi connectivity index (χ3v) is 4.00. The summed E-state index contributed by atoms with van der Waals surface area (Å²) in [6.45, 7) is 2.17. The van der Waals surface area contributed by atoms with Crippen LogP contribution in [0, 0.1) is 0 Å². The first-order valence-electron chi connectivity index (χ1n) is 6.84. The molecule has 0 bridgehead atoms. The lowest BCUT2D eigenvalue weighted by atomic mass is 10.1. The predicted octanol–water partition coefficient (Wildman–Crippen LogP) is 5.00. The first-order chi connectivity index (χ1) is 10.2. The number of hydrogen-bond donors (Lipinski definition) is 1. The lowest BCUT2D eigenvalue weighted by Crippen LogP contribution is -2.09. The van der Waals surface area contributed by atoms with Crippen LogP contribution in [0.2, 0.25) is 0 Å². The van der Waals surface area contributed by atoms with Crippen molar-refractivity contribution in [3.05, 3.63) is 77.0 Å². The molecule has 0 fully saturated rings. The molecule has 1 heterocycles. The van der Waals surface area contributed by atoms with Crippen molar-refractivity contribution in [3.63, 3.8) is 0 Å². The molecule has 1 atom stereocenters. The Bertz CT molecular complexity index is 704. The lowest BCUT2D eigenvalue weighted by Gasteiger charge is -2.17. The number of aromatic nitrogens is 2. The smallest absolute Gasteiger partial charge is 0.207 e. The van der Waals surface area contributed by atoms with Crippen LogP contribution in [0.1, 0.15) is 18.5 Å². The molecule has 4 heteroatoms. The second-order valence-corrected chi connectivity index (χ2v) is 5.79. The molecule has 0 aliphatic rings. The summed E-state index contributed by atoms with van der Waals surface area (Å²) in [4.78, 5) is 4.42. The number of hydrogen-bond acceptors (Lipinski definition) is 2. The van der Waals surface area contributed by atoms with Crippen molar-refractivity contribution >= 4 is 27.6 Å². The van der Waals surface area contributed by atoms with Crippen LogP contribution in [0.5, 0.6) is 0 Å². The molecule has 21 heavy (non-hydrogen) atoms. The number of nitrogens with zero attached hydrogens (tertiary/aromatic N) is 2. The average Bonchev–Trinajstić information content (AvgIpc) is 2.96. The normalized spacial score (nSPS) is 12.1. The van der Waals surface area contributed by atoms with Gasteiger partial charge in [0.25, 0.3) is 0 Å². The van der Waals surface area contributed by atoms with Crippen LogP contribution in [0.15, 0.2) is 71.5 Å². The summed E-state index contributed by atoms with van der Waals surface area (Å²) >= 11 is 3.47. The van der Waals surface area contributed by atoms with Gasteiger partial charge in [-0.05, 0) is 36.8 Å². The van der Waals surface area contributed by atoms with E-state index in [0.717, 1.165) is 16.1 Å². The summed E-state index contributed by atoms with van der Waals surface area (Å²) in [5.41, 5.74) is 2.28. The van der Waals surface area contributed by atoms with Crippen LogP contribution >= 0.6 is 15.9 Å². The largest absolute Gasteiger partial charge is 0.326 e. The zero-order chi connectivity index (χ0) is 14.7. The number of nitrogens with one attached hydrogen (secondary N) is 1. The van der Waals surface area contributed by atoms with Gasteiger partial charge in [0.15, 0.2) is 0 Å². The fraction of sp³-hybridized carbons (Fsp3) is 0.118. The van der Waals surface area contributed by atoms with E-state index in [9.17, 15) is 0 Å². The zero-order valence-corrected chi connectivity index (χ0v) is 13.3. The summed E-state index contributed by atoms with van der Waals surface area (Å²) in [7, 11) is 0. The van der Waals surface area contributed by atoms with Gasteiger partial charge in [-0.15, -0.1) is 0 Å². The van der Waals surface area contributed by atoms with Crippen molar-refractivity contribution in [2.24, 2.45) is 0 Å². The Labute approximate surface area is 132 Å². The fourth-order valence-electron chi connectivity index (χ4n) is 2.27. The lowest BCUT2D eigenvalue weighted by molar-refractivity contribution is 0.647. The van der Waals surface area contributed by atoms with E-state index >= 15 is 0 Å². The molecule has 0 saturated heterocycles. The Kier molecular flexibility index (Phi) is 4.06. The highest BCUT2D eigenvalue weighted by molar-refractivity contribution is 9.10. The van der Waals surface area contributed by atoms with Crippen molar-refractivity contribution in [1.82, 2.24) is 9.55 Å². The quantitative estimate of drug-likeness (QED) is 0.723. The first-order valence-corrected chi connectivity index (χ1v) is 7.64. The Morgan fingerprint density at radius 3 is 2.48 bits per heavy atom. The topological polar surface area (TPSA) is 29.9 Å². The van der Waals surface area contributed by atoms with Gasteiger partial charge in [0.1, 0.15) is 0 Å². The Morgan fingerprint density at radius 1 is 1.05 bits per heavy atom. The van der Waals surface area contributed by atoms with Crippen molar-refractivity contribution in [1.29, 1.82) is 0 Å². The zero-order valence-electron chi connectivity index (χ0n) is 11.7. The number of benzene rings is 2. The van der Waals surface area contributed by atoms with E-state index in [1.54, 1.807) is 0 Å². The average molecular weight is 342 g/mol. The molecule has 0 saturated carbocycles. The molecule has 0 spiro atoms. The van der Waals surface area contributed by atoms with E-state index in [1.165, 1.54) is 5.56 Å². The maximum atomic E-state index is 4.42. The van der Waals surface area contributed by atoms with Crippen LogP contribution in [-0.4, -0.2) is 9.55 Å². The van der Waals surface area contributed by atoms with Gasteiger partial charge in [0, 0.05) is 22.6 Å². The molecule has 2 aromatic carbocycles. The highest BCUT2D eigenvalue weighted by Crippen LogP contribution is 2.24. The molecule has 0 aliphatic heterocycles. The van der Waals surface area contributed by atoms with E-state index in [0.29, 0.717) is 0 Å². The van der Waals surface area contributed by atoms with Crippen LogP contribution in [0.25, 0.3) is 0 Å². The molecule has 0 aliphatic carbocycles. The standard InChI is InChI=1S/C17H16BrN3/c1-13(14-7-9-15(18)10-8-14)21-12-11-19-17(21)20-16-5-3-2-4-6-16/h2-13H,1H3,(H,19,20). The Morgan fingerprint density at radius 2 is 1.76 bits per heavy atom. The number of anilines is 2. The Hall–Kier alpha value is -2.07. The van der Waals surface area contributed by atoms with Gasteiger partial charge in [0.05, 0.1) is 6.04 Å². The van der Waals surface area contributed by atoms with Crippen molar-refractivity contribution in [2.45, 2.75) is 13.0 Å². The molecule has 1 unspecified atom stereocenters. The summed E-state index contributed by atoms with van der Waals surface area (Å²) < 4.78 is 3.22. The maximum Gasteiger partial charge on any atom is 0.207 e. The molecule has 3 nitrogen and oxygen atoms in total. The third kappa shape index (κ3) is 3.16. The predicted molar refractivity (Wildman–Crippen MR) is 89.9 cm³/mol. The van der Waals surface area contributed by atoms with Crippen molar-refractivity contribution in [3.8, 4) is 0 Å². The van der Waals surface area contributed by atoms with Crippen LogP contribution in [0.4, 0.5) is 11.6 Å². The van der Waals surface area contributed by atoms with E-state index in [2.05, 4.69) is 62.0 Å². The number of rotatable bonds is 4. The minimum atomic E-state index is 0.215. The summed E-state index contributed by atoms with van der Waals surface area (Å²) in [5.74, 6) is 0.844. The maximum absolute atomic E-state index is 4.42. The Balaban J connectivity index is 1.86. The molecule has 0 radical (unpaired) electrons. The van der Waals surface area contributed by atoms with Gasteiger partial charge < -0.3 is 9.88 Å². The highest BCUT2D eigenvalue weighted by atomic mass is 79.9. The molecule has 3 rings (SSSR count). The van der Waals surface area contributed by atoms with Crippen LogP contribution < -0.4 is 5.32 Å². The molecular weight excluding hydrogens is 326 g/mol. The van der Waals surface area contributed by atoms with Gasteiger partial charge in [-0.1, -0.05) is 46.3 Å². The molecule has 1 aromatic heterocycles. The van der Waals surface area contributed by atoms with Crippen LogP contribution in [0.3, 0.4) is 0 Å². The number of imidazole rings is 1. The SMILES string of the molecule is CC(c1ccc(Br)cc1)n1ccnc1Nc1ccccc1. The number of para-hydroxylation sites is 1. The molecule has 106 valence electrons. The fourth-order valence-corrected chi connectivity index (χ4v) is 2.54. The number of halogens is 1. The molecule has 0 amide bonds. The van der Waals surface area contributed by atoms with Crippen molar-refractivity contribution in [2.75, 3.05) is 5.32 Å². The molecular formula is C17H16BrN3. The summed E-state index contributed by atoms with van der Waals surface area (Å²) in [6, 6.07) is 18.7. The molecule has 1 N–H and O–H groups in total. The minimum absolute atomic E-state index is 0.215. The monoisotopic (exact) mass is 341 g/mol. The third-order valence-electron chi connectivity index (χ3n) is 3.47. The first kappa shape index (κ1) is 13.9. The minimum Gasteiger partial charge on any atom is -0.326 e. The van der Waals surface area contributed by atoms with E-state index in [4.69, 9.17) is 0 Å². The van der Waals surface area contributed by atoms with E-state index < -0.39 is 0 Å². The van der Waals surface area contributed by atoms with E-state index in [-0.39, 0.29) is 6.04 Å². The van der Waals surface area contributed by atoms with Crippen molar-refractivity contribution < 1.29 is 0 Å². The second kappa shape index (κ2) is 6.14. The highest BCUT2D eigenvalue weighted by Gasteiger charge is 2.12. The van der Waals surface area contributed by atoms with E-state index in [1.807, 2.05) is 42.7 Å². The van der Waals surface area contributed by atoms with Gasteiger partial charge in [-0.25, -0.2) is 4.98 Å². The summed E-state index contributed by atoms with van der Waals surface area (Å²) in [6.07, 6.45) is 3.82. The molecule has 3 aromatic rings. The van der Waals surface area contributed by atoms with Gasteiger partial charge >= 0.3 is 0 Å².